The van der Waals surface area contributed by atoms with E-state index in [0.717, 1.165) is 0 Å². The largest absolute Gasteiger partial charge is 0.294 e. The van der Waals surface area contributed by atoms with Gasteiger partial charge >= 0.3 is 0 Å². The molecule has 0 radical (unpaired) electrons. The Bertz CT molecular complexity index is 353. The van der Waals surface area contributed by atoms with E-state index >= 15 is 0 Å². The third-order valence-electron chi connectivity index (χ3n) is 2.88. The van der Waals surface area contributed by atoms with Crippen LogP contribution in [0.3, 0.4) is 0 Å². The second kappa shape index (κ2) is 4.80. The minimum absolute atomic E-state index is 0.105. The van der Waals surface area contributed by atoms with Crippen LogP contribution >= 0.6 is 0 Å². The number of nitrogens with one attached hydrogen (secondary N) is 2. The van der Waals surface area contributed by atoms with Gasteiger partial charge in [-0.2, -0.15) is 0 Å². The van der Waals surface area contributed by atoms with Crippen molar-refractivity contribution in [3.05, 3.63) is 0 Å². The Morgan fingerprint density at radius 1 is 1.59 bits per heavy atom. The SMILES string of the molecule is CC1C(=O)NC(=O)CN1CC(C)(C)C(=O)NN. The topological polar surface area (TPSA) is 105 Å². The van der Waals surface area contributed by atoms with Gasteiger partial charge in [-0.3, -0.25) is 30.0 Å². The Balaban J connectivity index is 2.76. The molecular weight excluding hydrogens is 224 g/mol. The van der Waals surface area contributed by atoms with Crippen molar-refractivity contribution in [2.75, 3.05) is 13.1 Å². The summed E-state index contributed by atoms with van der Waals surface area (Å²) in [5.41, 5.74) is 1.32. The van der Waals surface area contributed by atoms with Crippen molar-refractivity contribution < 1.29 is 14.4 Å². The fourth-order valence-corrected chi connectivity index (χ4v) is 1.74. The van der Waals surface area contributed by atoms with Crippen LogP contribution in [0.5, 0.6) is 0 Å². The maximum atomic E-state index is 11.5. The summed E-state index contributed by atoms with van der Waals surface area (Å²) in [7, 11) is 0. The Kier molecular flexibility index (Phi) is 3.84. The van der Waals surface area contributed by atoms with E-state index in [4.69, 9.17) is 5.84 Å². The normalized spacial score (nSPS) is 22.2. The predicted molar refractivity (Wildman–Crippen MR) is 60.3 cm³/mol. The van der Waals surface area contributed by atoms with Crippen molar-refractivity contribution in [1.29, 1.82) is 0 Å². The molecule has 7 nitrogen and oxygen atoms in total. The number of imide groups is 1. The highest BCUT2D eigenvalue weighted by Crippen LogP contribution is 2.19. The third kappa shape index (κ3) is 3.01. The quantitative estimate of drug-likeness (QED) is 0.238. The number of amides is 3. The fraction of sp³-hybridized carbons (Fsp3) is 0.700. The lowest BCUT2D eigenvalue weighted by atomic mass is 9.91. The van der Waals surface area contributed by atoms with Crippen LogP contribution in [0.25, 0.3) is 0 Å². The Morgan fingerprint density at radius 2 is 2.18 bits per heavy atom. The maximum Gasteiger partial charge on any atom is 0.243 e. The predicted octanol–water partition coefficient (Wildman–Crippen LogP) is -1.65. The summed E-state index contributed by atoms with van der Waals surface area (Å²) in [5.74, 6) is 4.07. The van der Waals surface area contributed by atoms with Gasteiger partial charge in [-0.05, 0) is 20.8 Å². The van der Waals surface area contributed by atoms with E-state index in [1.165, 1.54) is 0 Å². The molecule has 1 aliphatic heterocycles. The molecule has 0 bridgehead atoms. The molecule has 0 aromatic rings. The molecule has 3 amide bonds. The van der Waals surface area contributed by atoms with Crippen LogP contribution in [0.1, 0.15) is 20.8 Å². The van der Waals surface area contributed by atoms with Crippen molar-refractivity contribution in [3.63, 3.8) is 0 Å². The first kappa shape index (κ1) is 13.6. The van der Waals surface area contributed by atoms with Gasteiger partial charge in [0.2, 0.25) is 17.7 Å². The van der Waals surface area contributed by atoms with Crippen LogP contribution in [0, 0.1) is 5.41 Å². The third-order valence-corrected chi connectivity index (χ3v) is 2.88. The first-order chi connectivity index (χ1) is 7.77. The van der Waals surface area contributed by atoms with Gasteiger partial charge < -0.3 is 0 Å². The molecule has 1 fully saturated rings. The zero-order valence-corrected chi connectivity index (χ0v) is 10.2. The fourth-order valence-electron chi connectivity index (χ4n) is 1.74. The lowest BCUT2D eigenvalue weighted by Crippen LogP contribution is -2.60. The average Bonchev–Trinajstić information content (AvgIpc) is 2.23. The number of nitrogens with zero attached hydrogens (tertiary/aromatic N) is 1. The van der Waals surface area contributed by atoms with Gasteiger partial charge in [-0.25, -0.2) is 5.84 Å². The molecule has 0 saturated carbocycles. The summed E-state index contributed by atoms with van der Waals surface area (Å²) in [6, 6.07) is -0.433. The first-order valence-corrected chi connectivity index (χ1v) is 5.36. The van der Waals surface area contributed by atoms with Gasteiger partial charge in [0.05, 0.1) is 18.0 Å². The average molecular weight is 242 g/mol. The molecule has 7 heteroatoms. The van der Waals surface area contributed by atoms with Crippen LogP contribution in [-0.4, -0.2) is 41.8 Å². The van der Waals surface area contributed by atoms with Gasteiger partial charge in [0, 0.05) is 6.54 Å². The van der Waals surface area contributed by atoms with E-state index in [1.807, 2.05) is 0 Å². The molecule has 1 rings (SSSR count). The highest BCUT2D eigenvalue weighted by molar-refractivity contribution is 6.00. The van der Waals surface area contributed by atoms with E-state index in [-0.39, 0.29) is 30.8 Å². The molecule has 1 heterocycles. The molecule has 0 aliphatic carbocycles. The summed E-state index contributed by atoms with van der Waals surface area (Å²) in [6.45, 7) is 5.50. The van der Waals surface area contributed by atoms with Gasteiger partial charge in [0.25, 0.3) is 0 Å². The summed E-state index contributed by atoms with van der Waals surface area (Å²) < 4.78 is 0. The summed E-state index contributed by atoms with van der Waals surface area (Å²) >= 11 is 0. The molecule has 4 N–H and O–H groups in total. The van der Waals surface area contributed by atoms with E-state index in [0.29, 0.717) is 0 Å². The van der Waals surface area contributed by atoms with Crippen LogP contribution in [-0.2, 0) is 14.4 Å². The van der Waals surface area contributed by atoms with E-state index in [2.05, 4.69) is 10.7 Å². The Hall–Kier alpha value is -1.47. The number of piperazine rings is 1. The van der Waals surface area contributed by atoms with E-state index in [9.17, 15) is 14.4 Å². The molecule has 0 aromatic heterocycles. The molecule has 1 aliphatic rings. The lowest BCUT2D eigenvalue weighted by Gasteiger charge is -2.36. The van der Waals surface area contributed by atoms with Crippen LogP contribution in [0.15, 0.2) is 0 Å². The standard InChI is InChI=1S/C10H18N4O3/c1-6-8(16)12-7(15)4-14(6)5-10(2,3)9(17)13-11/h6H,4-5,11H2,1-3H3,(H,13,17)(H,12,15,16). The highest BCUT2D eigenvalue weighted by Gasteiger charge is 2.36. The summed E-state index contributed by atoms with van der Waals surface area (Å²) in [5, 5.41) is 2.24. The molecular formula is C10H18N4O3. The lowest BCUT2D eigenvalue weighted by molar-refractivity contribution is -0.142. The van der Waals surface area contributed by atoms with Gasteiger partial charge in [-0.1, -0.05) is 0 Å². The molecule has 1 unspecified atom stereocenters. The number of hydrazine groups is 1. The van der Waals surface area contributed by atoms with Gasteiger partial charge in [0.1, 0.15) is 0 Å². The van der Waals surface area contributed by atoms with Gasteiger partial charge in [-0.15, -0.1) is 0 Å². The van der Waals surface area contributed by atoms with Crippen molar-refractivity contribution in [3.8, 4) is 0 Å². The number of hydrogen-bond donors (Lipinski definition) is 3. The second-order valence-electron chi connectivity index (χ2n) is 4.85. The second-order valence-corrected chi connectivity index (χ2v) is 4.85. The first-order valence-electron chi connectivity index (χ1n) is 5.36. The molecule has 17 heavy (non-hydrogen) atoms. The van der Waals surface area contributed by atoms with Crippen LogP contribution in [0.2, 0.25) is 0 Å². The molecule has 1 atom stereocenters. The number of rotatable bonds is 3. The maximum absolute atomic E-state index is 11.5. The molecule has 0 aromatic carbocycles. The minimum atomic E-state index is -0.763. The van der Waals surface area contributed by atoms with Crippen molar-refractivity contribution >= 4 is 17.7 Å². The van der Waals surface area contributed by atoms with Crippen LogP contribution < -0.4 is 16.6 Å². The zero-order valence-electron chi connectivity index (χ0n) is 10.2. The number of hydrogen-bond acceptors (Lipinski definition) is 5. The molecule has 0 spiro atoms. The smallest absolute Gasteiger partial charge is 0.243 e. The van der Waals surface area contributed by atoms with E-state index in [1.54, 1.807) is 25.7 Å². The van der Waals surface area contributed by atoms with Crippen molar-refractivity contribution in [2.24, 2.45) is 11.3 Å². The van der Waals surface area contributed by atoms with Crippen LogP contribution in [0.4, 0.5) is 0 Å². The number of carbonyl (C=O) groups excluding carboxylic acids is 3. The highest BCUT2D eigenvalue weighted by atomic mass is 16.2. The minimum Gasteiger partial charge on any atom is -0.294 e. The van der Waals surface area contributed by atoms with Crippen molar-refractivity contribution in [1.82, 2.24) is 15.6 Å². The molecule has 96 valence electrons. The molecule has 1 saturated heterocycles. The Morgan fingerprint density at radius 3 is 2.71 bits per heavy atom. The van der Waals surface area contributed by atoms with E-state index < -0.39 is 11.5 Å². The zero-order chi connectivity index (χ0) is 13.2. The van der Waals surface area contributed by atoms with Crippen molar-refractivity contribution in [2.45, 2.75) is 26.8 Å². The van der Waals surface area contributed by atoms with Gasteiger partial charge in [0.15, 0.2) is 0 Å². The summed E-state index contributed by atoms with van der Waals surface area (Å²) in [6.07, 6.45) is 0. The summed E-state index contributed by atoms with van der Waals surface area (Å²) in [4.78, 5) is 35.9. The number of nitrogens with two attached hydrogens (primary N) is 1. The monoisotopic (exact) mass is 242 g/mol. The Labute approximate surface area is 99.7 Å². The number of carbonyl (C=O) groups is 3.